The molecule has 1 heterocycles. The van der Waals surface area contributed by atoms with Gasteiger partial charge in [0.15, 0.2) is 0 Å². The van der Waals surface area contributed by atoms with E-state index in [4.69, 9.17) is 4.74 Å². The summed E-state index contributed by atoms with van der Waals surface area (Å²) in [7, 11) is 0. The van der Waals surface area contributed by atoms with E-state index in [9.17, 15) is 9.59 Å². The van der Waals surface area contributed by atoms with Crippen molar-refractivity contribution in [3.63, 3.8) is 0 Å². The molecule has 1 aliphatic heterocycles. The van der Waals surface area contributed by atoms with Crippen molar-refractivity contribution in [1.82, 2.24) is 5.32 Å². The topological polar surface area (TPSA) is 55.4 Å². The second kappa shape index (κ2) is 8.72. The van der Waals surface area contributed by atoms with Crippen molar-refractivity contribution >= 4 is 24.7 Å². The molecule has 2 atom stereocenters. The van der Waals surface area contributed by atoms with E-state index in [-0.39, 0.29) is 30.2 Å². The molecule has 5 heteroatoms. The highest BCUT2D eigenvalue weighted by atomic mass is 35.5. The summed E-state index contributed by atoms with van der Waals surface area (Å²) < 4.78 is 5.14. The fourth-order valence-electron chi connectivity index (χ4n) is 2.48. The molecule has 1 fully saturated rings. The Morgan fingerprint density at radius 2 is 2.10 bits per heavy atom. The van der Waals surface area contributed by atoms with Crippen molar-refractivity contribution < 1.29 is 14.3 Å². The zero-order valence-corrected chi connectivity index (χ0v) is 12.1. The standard InChI is InChI=1S/C15H19NO3.ClH/c17-11-19-14(8-12-4-2-1-3-5-12)9-13-10-16-7-6-15(13)18;/h1-5,11,13-14,16H,6-10H2;1H. The van der Waals surface area contributed by atoms with Crippen LogP contribution >= 0.6 is 12.4 Å². The maximum atomic E-state index is 11.8. The van der Waals surface area contributed by atoms with Gasteiger partial charge < -0.3 is 10.1 Å². The van der Waals surface area contributed by atoms with Gasteiger partial charge in [0.2, 0.25) is 0 Å². The number of ketones is 1. The lowest BCUT2D eigenvalue weighted by atomic mass is 9.90. The van der Waals surface area contributed by atoms with E-state index < -0.39 is 0 Å². The summed E-state index contributed by atoms with van der Waals surface area (Å²) in [6.07, 6.45) is 1.60. The molecule has 0 spiro atoms. The lowest BCUT2D eigenvalue weighted by Crippen LogP contribution is -2.39. The SMILES string of the molecule is Cl.O=COC(Cc1ccccc1)CC1CNCCC1=O. The van der Waals surface area contributed by atoms with Gasteiger partial charge in [0.1, 0.15) is 11.9 Å². The highest BCUT2D eigenvalue weighted by molar-refractivity contribution is 5.85. The van der Waals surface area contributed by atoms with Crippen LogP contribution in [0.15, 0.2) is 30.3 Å². The minimum Gasteiger partial charge on any atom is -0.464 e. The molecule has 1 N–H and O–H groups in total. The van der Waals surface area contributed by atoms with Crippen molar-refractivity contribution in [3.8, 4) is 0 Å². The molecule has 4 nitrogen and oxygen atoms in total. The van der Waals surface area contributed by atoms with Crippen molar-refractivity contribution in [2.75, 3.05) is 13.1 Å². The molecule has 2 unspecified atom stereocenters. The lowest BCUT2D eigenvalue weighted by Gasteiger charge is -2.25. The number of carbonyl (C=O) groups is 2. The number of ether oxygens (including phenoxy) is 1. The van der Waals surface area contributed by atoms with Crippen molar-refractivity contribution in [2.45, 2.75) is 25.4 Å². The fraction of sp³-hybridized carbons (Fsp3) is 0.467. The number of rotatable bonds is 6. The normalized spacial score (nSPS) is 19.8. The number of hydrogen-bond donors (Lipinski definition) is 1. The molecule has 0 saturated carbocycles. The molecule has 20 heavy (non-hydrogen) atoms. The summed E-state index contributed by atoms with van der Waals surface area (Å²) in [5, 5.41) is 3.21. The van der Waals surface area contributed by atoms with E-state index in [0.29, 0.717) is 32.3 Å². The molecule has 1 saturated heterocycles. The Hall–Kier alpha value is -1.39. The third kappa shape index (κ3) is 4.94. The van der Waals surface area contributed by atoms with Crippen molar-refractivity contribution in [3.05, 3.63) is 35.9 Å². The first-order valence-corrected chi connectivity index (χ1v) is 6.66. The quantitative estimate of drug-likeness (QED) is 0.813. The monoisotopic (exact) mass is 297 g/mol. The first-order valence-electron chi connectivity index (χ1n) is 6.66. The van der Waals surface area contributed by atoms with E-state index in [0.717, 1.165) is 12.1 Å². The van der Waals surface area contributed by atoms with Crippen LogP contribution in [0.2, 0.25) is 0 Å². The van der Waals surface area contributed by atoms with Gasteiger partial charge in [0.25, 0.3) is 6.47 Å². The molecule has 1 aromatic carbocycles. The van der Waals surface area contributed by atoms with Gasteiger partial charge in [-0.1, -0.05) is 30.3 Å². The molecule has 0 aromatic heterocycles. The van der Waals surface area contributed by atoms with E-state index in [1.54, 1.807) is 0 Å². The zero-order chi connectivity index (χ0) is 13.5. The van der Waals surface area contributed by atoms with Crippen LogP contribution in [0.4, 0.5) is 0 Å². The Balaban J connectivity index is 0.00000200. The van der Waals surface area contributed by atoms with E-state index in [2.05, 4.69) is 5.32 Å². The predicted octanol–water partition coefficient (Wildman–Crippen LogP) is 1.76. The summed E-state index contributed by atoms with van der Waals surface area (Å²) in [5.74, 6) is 0.230. The maximum absolute atomic E-state index is 11.8. The molecule has 1 aromatic rings. The summed E-state index contributed by atoms with van der Waals surface area (Å²) in [6, 6.07) is 9.87. The van der Waals surface area contributed by atoms with E-state index in [1.807, 2.05) is 30.3 Å². The van der Waals surface area contributed by atoms with Gasteiger partial charge >= 0.3 is 0 Å². The summed E-state index contributed by atoms with van der Waals surface area (Å²) >= 11 is 0. The van der Waals surface area contributed by atoms with Gasteiger partial charge in [-0.25, -0.2) is 0 Å². The molecular weight excluding hydrogens is 278 g/mol. The number of carbonyl (C=O) groups excluding carboxylic acids is 2. The number of benzene rings is 1. The van der Waals surface area contributed by atoms with Crippen LogP contribution in [-0.2, 0) is 20.7 Å². The summed E-state index contributed by atoms with van der Waals surface area (Å²) in [4.78, 5) is 22.4. The average molecular weight is 298 g/mol. The lowest BCUT2D eigenvalue weighted by molar-refractivity contribution is -0.136. The van der Waals surface area contributed by atoms with Crippen LogP contribution in [-0.4, -0.2) is 31.4 Å². The van der Waals surface area contributed by atoms with Crippen LogP contribution in [0, 0.1) is 5.92 Å². The van der Waals surface area contributed by atoms with E-state index >= 15 is 0 Å². The Kier molecular flexibility index (Phi) is 7.26. The molecule has 2 rings (SSSR count). The van der Waals surface area contributed by atoms with E-state index in [1.165, 1.54) is 0 Å². The number of piperidine rings is 1. The minimum absolute atomic E-state index is 0. The van der Waals surface area contributed by atoms with Gasteiger partial charge in [0.05, 0.1) is 0 Å². The van der Waals surface area contributed by atoms with Crippen LogP contribution in [0.1, 0.15) is 18.4 Å². The van der Waals surface area contributed by atoms with Crippen LogP contribution in [0.5, 0.6) is 0 Å². The molecule has 110 valence electrons. The van der Waals surface area contributed by atoms with Crippen molar-refractivity contribution in [2.24, 2.45) is 5.92 Å². The molecule has 0 bridgehead atoms. The second-order valence-electron chi connectivity index (χ2n) is 4.90. The number of halogens is 1. The maximum Gasteiger partial charge on any atom is 0.293 e. The Morgan fingerprint density at radius 3 is 2.75 bits per heavy atom. The number of nitrogens with one attached hydrogen (secondary N) is 1. The van der Waals surface area contributed by atoms with Gasteiger partial charge in [-0.15, -0.1) is 12.4 Å². The zero-order valence-electron chi connectivity index (χ0n) is 11.3. The smallest absolute Gasteiger partial charge is 0.293 e. The van der Waals surface area contributed by atoms with Gasteiger partial charge in [-0.05, 0) is 12.0 Å². The molecular formula is C15H20ClNO3. The summed E-state index contributed by atoms with van der Waals surface area (Å²) in [5.41, 5.74) is 1.12. The van der Waals surface area contributed by atoms with Crippen LogP contribution in [0.3, 0.4) is 0 Å². The van der Waals surface area contributed by atoms with Gasteiger partial charge in [0, 0.05) is 31.8 Å². The van der Waals surface area contributed by atoms with Gasteiger partial charge in [-0.2, -0.15) is 0 Å². The highest BCUT2D eigenvalue weighted by Gasteiger charge is 2.26. The summed E-state index contributed by atoms with van der Waals surface area (Å²) in [6.45, 7) is 1.92. The molecule has 0 aliphatic carbocycles. The first kappa shape index (κ1) is 16.7. The Morgan fingerprint density at radius 1 is 1.35 bits per heavy atom. The van der Waals surface area contributed by atoms with Crippen molar-refractivity contribution in [1.29, 1.82) is 0 Å². The largest absolute Gasteiger partial charge is 0.464 e. The third-order valence-electron chi connectivity index (χ3n) is 3.50. The number of Topliss-reactive ketones (excluding diaryl/α,β-unsaturated/α-hetero) is 1. The van der Waals surface area contributed by atoms with Gasteiger partial charge in [-0.3, -0.25) is 9.59 Å². The second-order valence-corrected chi connectivity index (χ2v) is 4.90. The molecule has 0 amide bonds. The average Bonchev–Trinajstić information content (AvgIpc) is 2.43. The Labute approximate surface area is 125 Å². The third-order valence-corrected chi connectivity index (χ3v) is 3.50. The highest BCUT2D eigenvalue weighted by Crippen LogP contribution is 2.17. The minimum atomic E-state index is -0.228. The fourth-order valence-corrected chi connectivity index (χ4v) is 2.48. The van der Waals surface area contributed by atoms with Crippen LogP contribution < -0.4 is 5.32 Å². The molecule has 1 aliphatic rings. The predicted molar refractivity (Wildman–Crippen MR) is 78.9 cm³/mol. The Bertz CT molecular complexity index is 424. The van der Waals surface area contributed by atoms with Crippen LogP contribution in [0.25, 0.3) is 0 Å². The first-order chi connectivity index (χ1) is 9.29. The number of hydrogen-bond acceptors (Lipinski definition) is 4. The molecule has 0 radical (unpaired) electrons.